The van der Waals surface area contributed by atoms with E-state index in [-0.39, 0.29) is 11.5 Å². The minimum Gasteiger partial charge on any atom is -0.472 e. The van der Waals surface area contributed by atoms with Crippen LogP contribution in [0.25, 0.3) is 0 Å². The van der Waals surface area contributed by atoms with Gasteiger partial charge in [-0.3, -0.25) is 9.69 Å². The third-order valence-electron chi connectivity index (χ3n) is 6.70. The predicted octanol–water partition coefficient (Wildman–Crippen LogP) is 2.73. The molecule has 5 heteroatoms. The number of fused-ring (bicyclic) bond motifs is 1. The van der Waals surface area contributed by atoms with Gasteiger partial charge in [0.05, 0.1) is 23.5 Å². The Balaban J connectivity index is 1.21. The normalized spacial score (nSPS) is 31.9. The Bertz CT molecular complexity index is 791. The molecule has 0 aliphatic carbocycles. The van der Waals surface area contributed by atoms with E-state index in [0.29, 0.717) is 30.0 Å². The van der Waals surface area contributed by atoms with Gasteiger partial charge in [0.1, 0.15) is 6.26 Å². The lowest BCUT2D eigenvalue weighted by Gasteiger charge is -2.29. The van der Waals surface area contributed by atoms with Crippen molar-refractivity contribution in [2.24, 2.45) is 11.8 Å². The van der Waals surface area contributed by atoms with Gasteiger partial charge in [0, 0.05) is 38.0 Å². The van der Waals surface area contributed by atoms with Gasteiger partial charge in [-0.15, -0.1) is 0 Å². The monoisotopic (exact) mass is 366 g/mol. The molecular weight excluding hydrogens is 340 g/mol. The summed E-state index contributed by atoms with van der Waals surface area (Å²) in [6.45, 7) is 3.88. The second-order valence-corrected chi connectivity index (χ2v) is 8.22. The van der Waals surface area contributed by atoms with Crippen molar-refractivity contribution in [3.05, 3.63) is 60.1 Å². The maximum absolute atomic E-state index is 12.3. The Morgan fingerprint density at radius 2 is 2.15 bits per heavy atom. The molecule has 1 N–H and O–H groups in total. The van der Waals surface area contributed by atoms with Crippen LogP contribution >= 0.6 is 0 Å². The smallest absolute Gasteiger partial charge is 0.254 e. The minimum atomic E-state index is -0.0560. The molecule has 1 spiro atoms. The fourth-order valence-electron chi connectivity index (χ4n) is 5.37. The number of likely N-dealkylation sites (tertiary alicyclic amines) is 1. The molecule has 2 bridgehead atoms. The molecule has 1 amide bonds. The van der Waals surface area contributed by atoms with E-state index in [4.69, 9.17) is 9.15 Å². The van der Waals surface area contributed by atoms with Gasteiger partial charge < -0.3 is 14.5 Å². The highest BCUT2D eigenvalue weighted by Gasteiger charge is 2.62. The van der Waals surface area contributed by atoms with Crippen molar-refractivity contribution in [3.63, 3.8) is 0 Å². The zero-order valence-electron chi connectivity index (χ0n) is 15.5. The second-order valence-electron chi connectivity index (χ2n) is 8.22. The zero-order chi connectivity index (χ0) is 18.3. The first-order chi connectivity index (χ1) is 13.2. The quantitative estimate of drug-likeness (QED) is 0.854. The molecule has 4 heterocycles. The number of hydrogen-bond acceptors (Lipinski definition) is 4. The first kappa shape index (κ1) is 17.0. The van der Waals surface area contributed by atoms with Crippen LogP contribution in [0.5, 0.6) is 0 Å². The topological polar surface area (TPSA) is 54.7 Å². The predicted molar refractivity (Wildman–Crippen MR) is 101 cm³/mol. The molecule has 0 radical (unpaired) electrons. The summed E-state index contributed by atoms with van der Waals surface area (Å²) in [5.74, 6) is 0.882. The molecule has 0 saturated carbocycles. The average Bonchev–Trinajstić information content (AvgIpc) is 3.46. The van der Waals surface area contributed by atoms with Crippen LogP contribution in [-0.4, -0.2) is 48.7 Å². The molecule has 3 aliphatic heterocycles. The lowest BCUT2D eigenvalue weighted by molar-refractivity contribution is 0.00286. The van der Waals surface area contributed by atoms with E-state index in [1.54, 1.807) is 6.07 Å². The summed E-state index contributed by atoms with van der Waals surface area (Å²) in [5, 5.41) is 3.10. The van der Waals surface area contributed by atoms with Crippen LogP contribution in [0, 0.1) is 11.8 Å². The second kappa shape index (κ2) is 6.80. The Morgan fingerprint density at radius 3 is 2.96 bits per heavy atom. The van der Waals surface area contributed by atoms with E-state index in [1.807, 2.05) is 0 Å². The number of hydrogen-bond donors (Lipinski definition) is 1. The largest absolute Gasteiger partial charge is 0.472 e. The molecular formula is C22H26N2O3. The first-order valence-electron chi connectivity index (χ1n) is 9.98. The number of carbonyl (C=O) groups is 1. The van der Waals surface area contributed by atoms with Crippen LogP contribution in [0.1, 0.15) is 28.8 Å². The Kier molecular flexibility index (Phi) is 4.29. The lowest BCUT2D eigenvalue weighted by Crippen LogP contribution is -2.41. The molecule has 1 aromatic heterocycles. The highest BCUT2D eigenvalue weighted by molar-refractivity contribution is 5.93. The van der Waals surface area contributed by atoms with Crippen LogP contribution in [0.2, 0.25) is 0 Å². The number of nitrogens with one attached hydrogen (secondary N) is 1. The highest BCUT2D eigenvalue weighted by atomic mass is 16.5. The summed E-state index contributed by atoms with van der Waals surface area (Å²) in [5.41, 5.74) is 2.00. The van der Waals surface area contributed by atoms with Crippen molar-refractivity contribution in [3.8, 4) is 0 Å². The number of nitrogens with zero attached hydrogens (tertiary/aromatic N) is 1. The summed E-state index contributed by atoms with van der Waals surface area (Å²) in [6, 6.07) is 12.4. The van der Waals surface area contributed by atoms with Crippen molar-refractivity contribution >= 4 is 5.91 Å². The average molecular weight is 366 g/mol. The Morgan fingerprint density at radius 1 is 1.26 bits per heavy atom. The fourth-order valence-corrected chi connectivity index (χ4v) is 5.37. The van der Waals surface area contributed by atoms with Gasteiger partial charge >= 0.3 is 0 Å². The third kappa shape index (κ3) is 3.09. The van der Waals surface area contributed by atoms with Crippen LogP contribution in [0.15, 0.2) is 53.3 Å². The fraction of sp³-hybridized carbons (Fsp3) is 0.500. The van der Waals surface area contributed by atoms with E-state index in [0.717, 1.165) is 38.9 Å². The molecule has 5 rings (SSSR count). The summed E-state index contributed by atoms with van der Waals surface area (Å²) in [7, 11) is 0. The molecule has 3 fully saturated rings. The van der Waals surface area contributed by atoms with Crippen LogP contribution in [0.3, 0.4) is 0 Å². The summed E-state index contributed by atoms with van der Waals surface area (Å²) >= 11 is 0. The Hall–Kier alpha value is -2.11. The zero-order valence-corrected chi connectivity index (χ0v) is 15.5. The van der Waals surface area contributed by atoms with Crippen LogP contribution in [-0.2, 0) is 11.2 Å². The molecule has 0 unspecified atom stereocenters. The molecule has 5 nitrogen and oxygen atoms in total. The third-order valence-corrected chi connectivity index (χ3v) is 6.70. The summed E-state index contributed by atoms with van der Waals surface area (Å²) in [4.78, 5) is 14.8. The number of carbonyl (C=O) groups excluding carboxylic acids is 1. The van der Waals surface area contributed by atoms with E-state index in [1.165, 1.54) is 18.1 Å². The van der Waals surface area contributed by atoms with Crippen molar-refractivity contribution in [2.75, 3.05) is 26.2 Å². The van der Waals surface area contributed by atoms with Crippen molar-refractivity contribution in [1.29, 1.82) is 0 Å². The van der Waals surface area contributed by atoms with Gasteiger partial charge in [-0.05, 0) is 30.9 Å². The van der Waals surface area contributed by atoms with E-state index in [2.05, 4.69) is 40.5 Å². The lowest BCUT2D eigenvalue weighted by atomic mass is 9.73. The molecule has 4 atom stereocenters. The Labute approximate surface area is 159 Å². The highest BCUT2D eigenvalue weighted by Crippen LogP contribution is 2.54. The molecule has 1 aromatic carbocycles. The molecule has 142 valence electrons. The van der Waals surface area contributed by atoms with E-state index in [9.17, 15) is 4.79 Å². The van der Waals surface area contributed by atoms with E-state index < -0.39 is 0 Å². The van der Waals surface area contributed by atoms with Crippen molar-refractivity contribution < 1.29 is 13.9 Å². The number of amides is 1. The molecule has 27 heavy (non-hydrogen) atoms. The molecule has 2 aromatic rings. The summed E-state index contributed by atoms with van der Waals surface area (Å²) < 4.78 is 11.5. The SMILES string of the molecule is O=C(NC[C@H]1[C@H]2CN(CCc3ccccc3)C[C@]23CC[C@H]1O3)c1ccoc1. The molecule has 3 aliphatic rings. The molecule has 3 saturated heterocycles. The first-order valence-corrected chi connectivity index (χ1v) is 9.98. The standard InChI is InChI=1S/C22H26N2O3/c25-21(17-8-11-26-14-17)23-12-18-19-13-24(10-7-16-4-2-1-3-5-16)15-22(19)9-6-20(18)27-22/h1-5,8,11,14,18-20H,6-7,9-10,12-13,15H2,(H,23,25)/t18-,19+,20+,22+/m0/s1. The number of ether oxygens (including phenoxy) is 1. The van der Waals surface area contributed by atoms with Crippen molar-refractivity contribution in [2.45, 2.75) is 31.0 Å². The van der Waals surface area contributed by atoms with Gasteiger partial charge in [0.15, 0.2) is 0 Å². The van der Waals surface area contributed by atoms with Gasteiger partial charge in [0.2, 0.25) is 0 Å². The maximum atomic E-state index is 12.3. The summed E-state index contributed by atoms with van der Waals surface area (Å²) in [6.07, 6.45) is 6.69. The number of furan rings is 1. The van der Waals surface area contributed by atoms with Crippen LogP contribution in [0.4, 0.5) is 0 Å². The van der Waals surface area contributed by atoms with Crippen molar-refractivity contribution in [1.82, 2.24) is 10.2 Å². The number of rotatable bonds is 6. The van der Waals surface area contributed by atoms with E-state index >= 15 is 0 Å². The van der Waals surface area contributed by atoms with Gasteiger partial charge in [0.25, 0.3) is 5.91 Å². The minimum absolute atomic E-state index is 0.0202. The number of benzene rings is 1. The van der Waals surface area contributed by atoms with Gasteiger partial charge in [-0.1, -0.05) is 30.3 Å². The maximum Gasteiger partial charge on any atom is 0.254 e. The van der Waals surface area contributed by atoms with Gasteiger partial charge in [-0.25, -0.2) is 0 Å². The van der Waals surface area contributed by atoms with Crippen LogP contribution < -0.4 is 5.32 Å². The van der Waals surface area contributed by atoms with Gasteiger partial charge in [-0.2, -0.15) is 0 Å².